The molecule has 30 heavy (non-hydrogen) atoms. The van der Waals surface area contributed by atoms with E-state index < -0.39 is 5.54 Å². The Kier molecular flexibility index (Phi) is 7.47. The molecule has 7 heteroatoms. The number of halogens is 1. The van der Waals surface area contributed by atoms with Gasteiger partial charge < -0.3 is 15.0 Å². The van der Waals surface area contributed by atoms with E-state index in [0.717, 1.165) is 44.5 Å². The Morgan fingerprint density at radius 2 is 2.03 bits per heavy atom. The standard InChI is InChI=1S/C23H34FN3O3/c1-4-17(2)16-26-10-8-19(9-11-26)23(15-18-6-5-7-20(24)14-18)21(28)27(12-13-30-3)22(29)25-23/h5-7,14,17,19H,4,8-13,15-16H2,1-3H3,(H,25,29)/t17-,23-/m1/s1. The van der Waals surface area contributed by atoms with Crippen LogP contribution < -0.4 is 5.32 Å². The van der Waals surface area contributed by atoms with Gasteiger partial charge >= 0.3 is 6.03 Å². The number of carbonyl (C=O) groups is 2. The smallest absolute Gasteiger partial charge is 0.325 e. The molecule has 0 spiro atoms. The van der Waals surface area contributed by atoms with E-state index in [1.165, 1.54) is 17.0 Å². The second-order valence-electron chi connectivity index (χ2n) is 8.75. The maximum Gasteiger partial charge on any atom is 0.325 e. The van der Waals surface area contributed by atoms with Gasteiger partial charge in [0.15, 0.2) is 0 Å². The van der Waals surface area contributed by atoms with E-state index in [1.807, 2.05) is 6.07 Å². The van der Waals surface area contributed by atoms with Crippen molar-refractivity contribution in [3.8, 4) is 0 Å². The van der Waals surface area contributed by atoms with Crippen LogP contribution in [0.3, 0.4) is 0 Å². The number of likely N-dealkylation sites (tertiary alicyclic amines) is 1. The normalized spacial score (nSPS) is 24.3. The van der Waals surface area contributed by atoms with E-state index >= 15 is 0 Å². The van der Waals surface area contributed by atoms with Crippen molar-refractivity contribution >= 4 is 11.9 Å². The van der Waals surface area contributed by atoms with Gasteiger partial charge in [0.2, 0.25) is 0 Å². The SMILES string of the molecule is CC[C@@H](C)CN1CCC([C@@]2(Cc3cccc(F)c3)NC(=O)N(CCOC)C2=O)CC1. The van der Waals surface area contributed by atoms with Crippen molar-refractivity contribution in [2.45, 2.75) is 45.1 Å². The number of piperidine rings is 1. The van der Waals surface area contributed by atoms with E-state index in [-0.39, 0.29) is 30.2 Å². The quantitative estimate of drug-likeness (QED) is 0.625. The second-order valence-corrected chi connectivity index (χ2v) is 8.75. The van der Waals surface area contributed by atoms with E-state index in [4.69, 9.17) is 4.74 Å². The lowest BCUT2D eigenvalue weighted by atomic mass is 9.73. The van der Waals surface area contributed by atoms with Crippen LogP contribution in [0.5, 0.6) is 0 Å². The molecular weight excluding hydrogens is 385 g/mol. The topological polar surface area (TPSA) is 61.9 Å². The summed E-state index contributed by atoms with van der Waals surface area (Å²) in [5.41, 5.74) is -0.305. The second kappa shape index (κ2) is 9.88. The molecule has 0 aromatic heterocycles. The maximum absolute atomic E-state index is 13.8. The first kappa shape index (κ1) is 22.7. The minimum absolute atomic E-state index is 0.0120. The average molecular weight is 420 g/mol. The molecular formula is C23H34FN3O3. The predicted octanol–water partition coefficient (Wildman–Crippen LogP) is 3.06. The van der Waals surface area contributed by atoms with Gasteiger partial charge in [0.05, 0.1) is 13.2 Å². The Morgan fingerprint density at radius 1 is 1.30 bits per heavy atom. The molecule has 3 rings (SSSR count). The third-order valence-corrected chi connectivity index (χ3v) is 6.64. The van der Waals surface area contributed by atoms with Crippen molar-refractivity contribution in [1.82, 2.24) is 15.1 Å². The van der Waals surface area contributed by atoms with E-state index in [2.05, 4.69) is 24.1 Å². The number of hydrogen-bond donors (Lipinski definition) is 1. The van der Waals surface area contributed by atoms with E-state index in [0.29, 0.717) is 18.9 Å². The fourth-order valence-corrected chi connectivity index (χ4v) is 4.72. The fourth-order valence-electron chi connectivity index (χ4n) is 4.72. The first-order chi connectivity index (χ1) is 14.4. The highest BCUT2D eigenvalue weighted by molar-refractivity contribution is 6.07. The number of nitrogens with zero attached hydrogens (tertiary/aromatic N) is 2. The molecule has 2 aliphatic heterocycles. The summed E-state index contributed by atoms with van der Waals surface area (Å²) in [5.74, 6) is 0.103. The van der Waals surface area contributed by atoms with E-state index in [9.17, 15) is 14.0 Å². The molecule has 1 aromatic carbocycles. The summed E-state index contributed by atoms with van der Waals surface area (Å²) in [6.07, 6.45) is 3.10. The largest absolute Gasteiger partial charge is 0.383 e. The number of urea groups is 1. The van der Waals surface area contributed by atoms with Gasteiger partial charge in [0, 0.05) is 20.1 Å². The van der Waals surface area contributed by atoms with Gasteiger partial charge in [-0.3, -0.25) is 9.69 Å². The Balaban J connectivity index is 1.82. The van der Waals surface area contributed by atoms with Gasteiger partial charge in [-0.15, -0.1) is 0 Å². The molecule has 166 valence electrons. The molecule has 0 bridgehead atoms. The summed E-state index contributed by atoms with van der Waals surface area (Å²) >= 11 is 0. The third kappa shape index (κ3) is 4.83. The molecule has 0 unspecified atom stereocenters. The molecule has 6 nitrogen and oxygen atoms in total. The van der Waals surface area contributed by atoms with Crippen LogP contribution in [-0.2, 0) is 16.0 Å². The molecule has 1 N–H and O–H groups in total. The van der Waals surface area contributed by atoms with Crippen LogP contribution in [-0.4, -0.2) is 67.2 Å². The zero-order valence-electron chi connectivity index (χ0n) is 18.3. The maximum atomic E-state index is 13.8. The molecule has 0 saturated carbocycles. The van der Waals surface area contributed by atoms with Crippen LogP contribution in [0.2, 0.25) is 0 Å². The van der Waals surface area contributed by atoms with Crippen molar-refractivity contribution in [3.63, 3.8) is 0 Å². The number of imide groups is 1. The first-order valence-corrected chi connectivity index (χ1v) is 11.0. The van der Waals surface area contributed by atoms with Gasteiger partial charge in [-0.25, -0.2) is 9.18 Å². The van der Waals surface area contributed by atoms with Gasteiger partial charge in [-0.05, 0) is 55.5 Å². The zero-order chi connectivity index (χ0) is 21.7. The van der Waals surface area contributed by atoms with Gasteiger partial charge in [-0.1, -0.05) is 32.4 Å². The van der Waals surface area contributed by atoms with Crippen LogP contribution in [0.4, 0.5) is 9.18 Å². The van der Waals surface area contributed by atoms with Gasteiger partial charge in [0.25, 0.3) is 5.91 Å². The Labute approximate surface area is 178 Å². The number of rotatable bonds is 9. The highest BCUT2D eigenvalue weighted by atomic mass is 19.1. The van der Waals surface area contributed by atoms with Crippen LogP contribution in [0.1, 0.15) is 38.7 Å². The van der Waals surface area contributed by atoms with E-state index in [1.54, 1.807) is 13.2 Å². The van der Waals surface area contributed by atoms with Crippen molar-refractivity contribution in [2.24, 2.45) is 11.8 Å². The number of methoxy groups -OCH3 is 1. The van der Waals surface area contributed by atoms with Crippen LogP contribution in [0, 0.1) is 17.7 Å². The first-order valence-electron chi connectivity index (χ1n) is 11.0. The number of ether oxygens (including phenoxy) is 1. The van der Waals surface area contributed by atoms with Crippen LogP contribution >= 0.6 is 0 Å². The van der Waals surface area contributed by atoms with Crippen molar-refractivity contribution in [1.29, 1.82) is 0 Å². The average Bonchev–Trinajstić information content (AvgIpc) is 2.97. The van der Waals surface area contributed by atoms with Crippen molar-refractivity contribution in [2.75, 3.05) is 39.9 Å². The lowest BCUT2D eigenvalue weighted by molar-refractivity contribution is -0.134. The molecule has 2 fully saturated rings. The van der Waals surface area contributed by atoms with Crippen LogP contribution in [0.25, 0.3) is 0 Å². The van der Waals surface area contributed by atoms with Crippen molar-refractivity contribution < 1.29 is 18.7 Å². The highest BCUT2D eigenvalue weighted by Crippen LogP contribution is 2.36. The summed E-state index contributed by atoms with van der Waals surface area (Å²) in [5, 5.41) is 3.02. The monoisotopic (exact) mass is 419 g/mol. The molecule has 0 radical (unpaired) electrons. The number of carbonyl (C=O) groups excluding carboxylic acids is 2. The third-order valence-electron chi connectivity index (χ3n) is 6.64. The zero-order valence-corrected chi connectivity index (χ0v) is 18.3. The molecule has 1 aromatic rings. The molecule has 2 saturated heterocycles. The Hall–Kier alpha value is -1.99. The summed E-state index contributed by atoms with van der Waals surface area (Å²) in [6, 6.07) is 5.94. The predicted molar refractivity (Wildman–Crippen MR) is 114 cm³/mol. The number of hydrogen-bond acceptors (Lipinski definition) is 4. The summed E-state index contributed by atoms with van der Waals surface area (Å²) < 4.78 is 18.9. The summed E-state index contributed by atoms with van der Waals surface area (Å²) in [7, 11) is 1.55. The number of benzene rings is 1. The number of amides is 3. The summed E-state index contributed by atoms with van der Waals surface area (Å²) in [6.45, 7) is 7.84. The van der Waals surface area contributed by atoms with Crippen LogP contribution in [0.15, 0.2) is 24.3 Å². The fraction of sp³-hybridized carbons (Fsp3) is 0.652. The minimum atomic E-state index is -1.03. The number of nitrogens with one attached hydrogen (secondary N) is 1. The molecule has 3 amide bonds. The molecule has 2 heterocycles. The Bertz CT molecular complexity index is 751. The molecule has 0 aliphatic carbocycles. The Morgan fingerprint density at radius 3 is 2.67 bits per heavy atom. The summed E-state index contributed by atoms with van der Waals surface area (Å²) in [4.78, 5) is 29.9. The molecule has 2 aliphatic rings. The highest BCUT2D eigenvalue weighted by Gasteiger charge is 2.55. The van der Waals surface area contributed by atoms with Crippen molar-refractivity contribution in [3.05, 3.63) is 35.6 Å². The lowest BCUT2D eigenvalue weighted by Crippen LogP contribution is -2.57. The molecule has 2 atom stereocenters. The van der Waals surface area contributed by atoms with Gasteiger partial charge in [0.1, 0.15) is 11.4 Å². The lowest BCUT2D eigenvalue weighted by Gasteiger charge is -2.41. The minimum Gasteiger partial charge on any atom is -0.383 e. The van der Waals surface area contributed by atoms with Gasteiger partial charge in [-0.2, -0.15) is 0 Å².